The van der Waals surface area contributed by atoms with E-state index >= 15 is 0 Å². The van der Waals surface area contributed by atoms with Crippen LogP contribution in [0.3, 0.4) is 0 Å². The molecule has 0 heterocycles. The molecule has 2 fully saturated rings. The summed E-state index contributed by atoms with van der Waals surface area (Å²) in [5.74, 6) is 2.69. The second-order valence-electron chi connectivity index (χ2n) is 3.18. The van der Waals surface area contributed by atoms with Gasteiger partial charge in [0.25, 0.3) is 0 Å². The summed E-state index contributed by atoms with van der Waals surface area (Å²) < 4.78 is 0. The van der Waals surface area contributed by atoms with E-state index in [4.69, 9.17) is 5.11 Å². The van der Waals surface area contributed by atoms with Crippen molar-refractivity contribution in [2.45, 2.75) is 19.3 Å². The Bertz CT molecular complexity index is 96.6. The molecule has 2 atom stereocenters. The molecule has 0 bridgehead atoms. The fourth-order valence-electron chi connectivity index (χ4n) is 1.58. The highest BCUT2D eigenvalue weighted by Gasteiger charge is 2.46. The predicted molar refractivity (Wildman–Crippen MR) is 31.4 cm³/mol. The van der Waals surface area contributed by atoms with Crippen molar-refractivity contribution in [2.24, 2.45) is 17.8 Å². The van der Waals surface area contributed by atoms with Gasteiger partial charge in [0, 0.05) is 6.61 Å². The van der Waals surface area contributed by atoms with Gasteiger partial charge in [-0.3, -0.25) is 0 Å². The lowest BCUT2D eigenvalue weighted by atomic mass is 10.2. The molecular formula is C7H12O. The molecule has 0 aromatic rings. The van der Waals surface area contributed by atoms with Gasteiger partial charge in [-0.25, -0.2) is 0 Å². The van der Waals surface area contributed by atoms with E-state index in [2.05, 4.69) is 0 Å². The van der Waals surface area contributed by atoms with Crippen molar-refractivity contribution in [1.29, 1.82) is 0 Å². The van der Waals surface area contributed by atoms with Crippen LogP contribution < -0.4 is 0 Å². The van der Waals surface area contributed by atoms with Gasteiger partial charge >= 0.3 is 0 Å². The Labute approximate surface area is 49.7 Å². The quantitative estimate of drug-likeness (QED) is 0.565. The normalized spacial score (nSPS) is 44.6. The maximum atomic E-state index is 8.65. The Morgan fingerprint density at radius 1 is 1.38 bits per heavy atom. The molecule has 0 aliphatic heterocycles. The molecule has 2 aliphatic rings. The van der Waals surface area contributed by atoms with Gasteiger partial charge < -0.3 is 5.11 Å². The topological polar surface area (TPSA) is 20.2 Å². The minimum Gasteiger partial charge on any atom is -0.396 e. The second kappa shape index (κ2) is 1.47. The monoisotopic (exact) mass is 112 g/mol. The van der Waals surface area contributed by atoms with Gasteiger partial charge in [-0.1, -0.05) is 0 Å². The molecule has 2 unspecified atom stereocenters. The van der Waals surface area contributed by atoms with Gasteiger partial charge in [0.05, 0.1) is 0 Å². The van der Waals surface area contributed by atoms with Crippen molar-refractivity contribution in [3.05, 3.63) is 0 Å². The Kier molecular flexibility index (Phi) is 0.884. The summed E-state index contributed by atoms with van der Waals surface area (Å²) in [7, 11) is 0. The summed E-state index contributed by atoms with van der Waals surface area (Å²) in [6, 6.07) is 0. The molecule has 2 aliphatic carbocycles. The fourth-order valence-corrected chi connectivity index (χ4v) is 1.58. The molecule has 0 radical (unpaired) electrons. The van der Waals surface area contributed by atoms with Crippen LogP contribution in [0.4, 0.5) is 0 Å². The van der Waals surface area contributed by atoms with Crippen molar-refractivity contribution >= 4 is 0 Å². The van der Waals surface area contributed by atoms with E-state index in [0.29, 0.717) is 12.5 Å². The van der Waals surface area contributed by atoms with Crippen molar-refractivity contribution in [2.75, 3.05) is 6.61 Å². The minimum atomic E-state index is 0.446. The fraction of sp³-hybridized carbons (Fsp3) is 1.00. The Balaban J connectivity index is 1.79. The average Bonchev–Trinajstić information content (AvgIpc) is 2.62. The lowest BCUT2D eigenvalue weighted by molar-refractivity contribution is 0.266. The summed E-state index contributed by atoms with van der Waals surface area (Å²) in [4.78, 5) is 0. The van der Waals surface area contributed by atoms with Crippen LogP contribution in [0, 0.1) is 17.8 Å². The zero-order valence-electron chi connectivity index (χ0n) is 5.01. The molecule has 8 heavy (non-hydrogen) atoms. The number of hydrogen-bond donors (Lipinski definition) is 1. The number of aliphatic hydroxyl groups excluding tert-OH is 1. The highest BCUT2D eigenvalue weighted by atomic mass is 16.3. The van der Waals surface area contributed by atoms with E-state index < -0.39 is 0 Å². The molecule has 0 aromatic carbocycles. The Morgan fingerprint density at radius 3 is 2.50 bits per heavy atom. The van der Waals surface area contributed by atoms with Crippen LogP contribution in [0.25, 0.3) is 0 Å². The summed E-state index contributed by atoms with van der Waals surface area (Å²) in [5.41, 5.74) is 0. The highest BCUT2D eigenvalue weighted by Crippen LogP contribution is 2.53. The van der Waals surface area contributed by atoms with Crippen LogP contribution in [-0.2, 0) is 0 Å². The van der Waals surface area contributed by atoms with E-state index in [1.54, 1.807) is 0 Å². The van der Waals surface area contributed by atoms with Gasteiger partial charge in [0.2, 0.25) is 0 Å². The summed E-state index contributed by atoms with van der Waals surface area (Å²) in [6.07, 6.45) is 4.21. The van der Waals surface area contributed by atoms with Gasteiger partial charge in [-0.05, 0) is 37.0 Å². The van der Waals surface area contributed by atoms with E-state index in [1.807, 2.05) is 0 Å². The van der Waals surface area contributed by atoms with Crippen molar-refractivity contribution < 1.29 is 5.11 Å². The summed E-state index contributed by atoms with van der Waals surface area (Å²) in [5, 5.41) is 8.65. The molecular weight excluding hydrogens is 100 g/mol. The molecule has 2 saturated carbocycles. The van der Waals surface area contributed by atoms with Crippen molar-refractivity contribution in [3.63, 3.8) is 0 Å². The molecule has 0 spiro atoms. The zero-order valence-corrected chi connectivity index (χ0v) is 5.01. The molecule has 2 rings (SSSR count). The SMILES string of the molecule is OCC1CC1C1CC1. The smallest absolute Gasteiger partial charge is 0.0462 e. The largest absolute Gasteiger partial charge is 0.396 e. The Hall–Kier alpha value is -0.0400. The lowest BCUT2D eigenvalue weighted by Gasteiger charge is -1.87. The third kappa shape index (κ3) is 0.655. The van der Waals surface area contributed by atoms with E-state index in [9.17, 15) is 0 Å². The van der Waals surface area contributed by atoms with Crippen LogP contribution in [-0.4, -0.2) is 11.7 Å². The third-order valence-corrected chi connectivity index (χ3v) is 2.44. The highest BCUT2D eigenvalue weighted by molar-refractivity contribution is 4.96. The van der Waals surface area contributed by atoms with Gasteiger partial charge in [0.15, 0.2) is 0 Å². The van der Waals surface area contributed by atoms with Gasteiger partial charge in [-0.15, -0.1) is 0 Å². The molecule has 0 saturated heterocycles. The number of aliphatic hydroxyl groups is 1. The first-order valence-corrected chi connectivity index (χ1v) is 3.52. The first kappa shape index (κ1) is 4.80. The second-order valence-corrected chi connectivity index (χ2v) is 3.18. The Morgan fingerprint density at radius 2 is 2.12 bits per heavy atom. The minimum absolute atomic E-state index is 0.446. The van der Waals surface area contributed by atoms with Crippen molar-refractivity contribution in [3.8, 4) is 0 Å². The number of hydrogen-bond acceptors (Lipinski definition) is 1. The number of rotatable bonds is 2. The van der Waals surface area contributed by atoms with Gasteiger partial charge in [-0.2, -0.15) is 0 Å². The summed E-state index contributed by atoms with van der Waals surface area (Å²) in [6.45, 7) is 0.446. The van der Waals surface area contributed by atoms with Crippen LogP contribution in [0.5, 0.6) is 0 Å². The first-order valence-electron chi connectivity index (χ1n) is 3.52. The maximum absolute atomic E-state index is 8.65. The molecule has 0 amide bonds. The van der Waals surface area contributed by atoms with Crippen LogP contribution in [0.2, 0.25) is 0 Å². The van der Waals surface area contributed by atoms with E-state index in [0.717, 1.165) is 11.8 Å². The molecule has 1 N–H and O–H groups in total. The molecule has 46 valence electrons. The van der Waals surface area contributed by atoms with E-state index in [1.165, 1.54) is 19.3 Å². The molecule has 1 nitrogen and oxygen atoms in total. The third-order valence-electron chi connectivity index (χ3n) is 2.44. The standard InChI is InChI=1S/C7H12O/c8-4-6-3-7(6)5-1-2-5/h5-8H,1-4H2. The molecule has 0 aromatic heterocycles. The van der Waals surface area contributed by atoms with Crippen molar-refractivity contribution in [1.82, 2.24) is 0 Å². The predicted octanol–water partition coefficient (Wildman–Crippen LogP) is 1.02. The van der Waals surface area contributed by atoms with Crippen LogP contribution in [0.15, 0.2) is 0 Å². The first-order chi connectivity index (χ1) is 3.92. The zero-order chi connectivity index (χ0) is 5.56. The molecule has 1 heteroatoms. The van der Waals surface area contributed by atoms with Crippen LogP contribution in [0.1, 0.15) is 19.3 Å². The lowest BCUT2D eigenvalue weighted by Crippen LogP contribution is -1.88. The van der Waals surface area contributed by atoms with Crippen LogP contribution >= 0.6 is 0 Å². The van der Waals surface area contributed by atoms with Gasteiger partial charge in [0.1, 0.15) is 0 Å². The van der Waals surface area contributed by atoms with E-state index in [-0.39, 0.29) is 0 Å². The maximum Gasteiger partial charge on any atom is 0.0462 e. The average molecular weight is 112 g/mol. The summed E-state index contributed by atoms with van der Waals surface area (Å²) >= 11 is 0.